The van der Waals surface area contributed by atoms with E-state index in [0.717, 1.165) is 23.6 Å². The van der Waals surface area contributed by atoms with Crippen LogP contribution in [-0.4, -0.2) is 25.5 Å². The molecule has 5 heteroatoms. The zero-order valence-corrected chi connectivity index (χ0v) is 11.9. The summed E-state index contributed by atoms with van der Waals surface area (Å²) in [6.07, 6.45) is 4.08. The van der Waals surface area contributed by atoms with Gasteiger partial charge >= 0.3 is 0 Å². The number of hydrogen-bond donors (Lipinski definition) is 1. The van der Waals surface area contributed by atoms with Crippen molar-refractivity contribution in [3.63, 3.8) is 0 Å². The zero-order chi connectivity index (χ0) is 14.0. The van der Waals surface area contributed by atoms with E-state index in [9.17, 15) is 5.11 Å². The van der Waals surface area contributed by atoms with E-state index >= 15 is 0 Å². The first kappa shape index (κ1) is 13.8. The van der Waals surface area contributed by atoms with Crippen molar-refractivity contribution in [3.8, 4) is 11.4 Å². The van der Waals surface area contributed by atoms with E-state index in [4.69, 9.17) is 4.42 Å². The minimum atomic E-state index is -0.832. The van der Waals surface area contributed by atoms with Crippen molar-refractivity contribution in [3.05, 3.63) is 24.4 Å². The molecular weight excluding hydrogens is 242 g/mol. The van der Waals surface area contributed by atoms with Gasteiger partial charge in [0.2, 0.25) is 0 Å². The Kier molecular flexibility index (Phi) is 3.75. The van der Waals surface area contributed by atoms with Gasteiger partial charge in [0.05, 0.1) is 24.0 Å². The molecule has 0 aliphatic rings. The summed E-state index contributed by atoms with van der Waals surface area (Å²) in [7, 11) is 0. The molecule has 2 rings (SSSR count). The highest BCUT2D eigenvalue weighted by atomic mass is 16.3. The van der Waals surface area contributed by atoms with E-state index in [2.05, 4.69) is 23.9 Å². The Hall–Kier alpha value is -1.62. The predicted octanol–water partition coefficient (Wildman–Crippen LogP) is 2.51. The third kappa shape index (κ3) is 3.67. The van der Waals surface area contributed by atoms with E-state index in [1.54, 1.807) is 31.1 Å². The molecule has 0 fully saturated rings. The SMILES string of the molecule is CC(C)Cc1nc(-c2ccoc2)n(CC(C)(C)O)n1. The Balaban J connectivity index is 2.36. The molecule has 2 heterocycles. The lowest BCUT2D eigenvalue weighted by atomic mass is 10.1. The Labute approximate surface area is 113 Å². The maximum atomic E-state index is 9.97. The van der Waals surface area contributed by atoms with Gasteiger partial charge in [0.25, 0.3) is 0 Å². The van der Waals surface area contributed by atoms with E-state index in [1.165, 1.54) is 0 Å². The van der Waals surface area contributed by atoms with Crippen molar-refractivity contribution in [2.45, 2.75) is 46.3 Å². The molecule has 2 aromatic rings. The summed E-state index contributed by atoms with van der Waals surface area (Å²) >= 11 is 0. The maximum absolute atomic E-state index is 9.97. The van der Waals surface area contributed by atoms with Crippen molar-refractivity contribution >= 4 is 0 Å². The fourth-order valence-corrected chi connectivity index (χ4v) is 1.92. The third-order valence-corrected chi connectivity index (χ3v) is 2.62. The second-order valence-corrected chi connectivity index (χ2v) is 5.93. The normalized spacial score (nSPS) is 12.3. The van der Waals surface area contributed by atoms with Crippen LogP contribution in [0.3, 0.4) is 0 Å². The van der Waals surface area contributed by atoms with Gasteiger partial charge in [0, 0.05) is 6.42 Å². The molecule has 0 amide bonds. The summed E-state index contributed by atoms with van der Waals surface area (Å²) in [5.41, 5.74) is 0.0492. The highest BCUT2D eigenvalue weighted by Gasteiger charge is 2.20. The first-order valence-corrected chi connectivity index (χ1v) is 6.54. The fourth-order valence-electron chi connectivity index (χ4n) is 1.92. The second kappa shape index (κ2) is 5.17. The van der Waals surface area contributed by atoms with Crippen LogP contribution in [0.1, 0.15) is 33.5 Å². The monoisotopic (exact) mass is 263 g/mol. The van der Waals surface area contributed by atoms with Crippen LogP contribution in [0.5, 0.6) is 0 Å². The van der Waals surface area contributed by atoms with Crippen LogP contribution in [0, 0.1) is 5.92 Å². The number of furan rings is 1. The summed E-state index contributed by atoms with van der Waals surface area (Å²) in [5, 5.41) is 14.5. The van der Waals surface area contributed by atoms with Crippen LogP contribution >= 0.6 is 0 Å². The largest absolute Gasteiger partial charge is 0.472 e. The van der Waals surface area contributed by atoms with Crippen LogP contribution in [-0.2, 0) is 13.0 Å². The van der Waals surface area contributed by atoms with Gasteiger partial charge in [-0.2, -0.15) is 5.10 Å². The average Bonchev–Trinajstić information content (AvgIpc) is 2.83. The van der Waals surface area contributed by atoms with Gasteiger partial charge in [-0.05, 0) is 25.8 Å². The van der Waals surface area contributed by atoms with Gasteiger partial charge in [0.1, 0.15) is 6.26 Å². The van der Waals surface area contributed by atoms with Gasteiger partial charge < -0.3 is 9.52 Å². The molecule has 1 N–H and O–H groups in total. The highest BCUT2D eigenvalue weighted by molar-refractivity contribution is 5.52. The molecule has 2 aromatic heterocycles. The number of nitrogens with zero attached hydrogens (tertiary/aromatic N) is 3. The lowest BCUT2D eigenvalue weighted by Gasteiger charge is -2.17. The van der Waals surface area contributed by atoms with E-state index in [-0.39, 0.29) is 0 Å². The molecule has 0 bridgehead atoms. The van der Waals surface area contributed by atoms with Gasteiger partial charge in [-0.25, -0.2) is 9.67 Å². The van der Waals surface area contributed by atoms with Crippen LogP contribution < -0.4 is 0 Å². The van der Waals surface area contributed by atoms with Crippen LogP contribution in [0.4, 0.5) is 0 Å². The Morgan fingerprint density at radius 1 is 1.42 bits per heavy atom. The molecule has 0 aliphatic heterocycles. The molecule has 0 atom stereocenters. The number of aliphatic hydroxyl groups is 1. The van der Waals surface area contributed by atoms with Gasteiger partial charge in [-0.15, -0.1) is 0 Å². The minimum absolute atomic E-state index is 0.401. The minimum Gasteiger partial charge on any atom is -0.472 e. The molecular formula is C14H21N3O2. The molecule has 0 aromatic carbocycles. The quantitative estimate of drug-likeness (QED) is 0.900. The van der Waals surface area contributed by atoms with Gasteiger partial charge in [0.15, 0.2) is 11.6 Å². The molecule has 0 saturated carbocycles. The lowest BCUT2D eigenvalue weighted by molar-refractivity contribution is 0.0581. The van der Waals surface area contributed by atoms with E-state index in [0.29, 0.717) is 12.5 Å². The molecule has 0 saturated heterocycles. The fraction of sp³-hybridized carbons (Fsp3) is 0.571. The van der Waals surface area contributed by atoms with Crippen LogP contribution in [0.15, 0.2) is 23.0 Å². The number of hydrogen-bond acceptors (Lipinski definition) is 4. The number of aromatic nitrogens is 3. The summed E-state index contributed by atoms with van der Waals surface area (Å²) < 4.78 is 6.85. The summed E-state index contributed by atoms with van der Waals surface area (Å²) in [6.45, 7) is 8.19. The first-order chi connectivity index (χ1) is 8.85. The van der Waals surface area contributed by atoms with Crippen molar-refractivity contribution in [2.24, 2.45) is 5.92 Å². The molecule has 0 unspecified atom stereocenters. The summed E-state index contributed by atoms with van der Waals surface area (Å²) in [5.74, 6) is 2.04. The molecule has 0 radical (unpaired) electrons. The topological polar surface area (TPSA) is 64.1 Å². The molecule has 19 heavy (non-hydrogen) atoms. The Morgan fingerprint density at radius 2 is 2.16 bits per heavy atom. The van der Waals surface area contributed by atoms with Gasteiger partial charge in [-0.3, -0.25) is 0 Å². The molecule has 104 valence electrons. The highest BCUT2D eigenvalue weighted by Crippen LogP contribution is 2.20. The van der Waals surface area contributed by atoms with E-state index < -0.39 is 5.60 Å². The average molecular weight is 263 g/mol. The van der Waals surface area contributed by atoms with Crippen molar-refractivity contribution in [2.75, 3.05) is 0 Å². The standard InChI is InChI=1S/C14H21N3O2/c1-10(2)7-12-15-13(11-5-6-19-8-11)17(16-12)9-14(3,4)18/h5-6,8,10,18H,7,9H2,1-4H3. The lowest BCUT2D eigenvalue weighted by Crippen LogP contribution is -2.27. The zero-order valence-electron chi connectivity index (χ0n) is 11.9. The molecule has 0 aliphatic carbocycles. The van der Waals surface area contributed by atoms with Crippen molar-refractivity contribution in [1.82, 2.24) is 14.8 Å². The van der Waals surface area contributed by atoms with Crippen molar-refractivity contribution < 1.29 is 9.52 Å². The Bertz CT molecular complexity index is 521. The summed E-state index contributed by atoms with van der Waals surface area (Å²) in [6, 6.07) is 1.85. The van der Waals surface area contributed by atoms with Gasteiger partial charge in [-0.1, -0.05) is 13.8 Å². The maximum Gasteiger partial charge on any atom is 0.161 e. The van der Waals surface area contributed by atoms with Crippen molar-refractivity contribution in [1.29, 1.82) is 0 Å². The number of rotatable bonds is 5. The first-order valence-electron chi connectivity index (χ1n) is 6.54. The third-order valence-electron chi connectivity index (χ3n) is 2.62. The predicted molar refractivity (Wildman–Crippen MR) is 72.6 cm³/mol. The van der Waals surface area contributed by atoms with E-state index in [1.807, 2.05) is 6.07 Å². The summed E-state index contributed by atoms with van der Waals surface area (Å²) in [4.78, 5) is 4.56. The Morgan fingerprint density at radius 3 is 2.68 bits per heavy atom. The van der Waals surface area contributed by atoms with Crippen LogP contribution in [0.2, 0.25) is 0 Å². The van der Waals surface area contributed by atoms with Crippen LogP contribution in [0.25, 0.3) is 11.4 Å². The smallest absolute Gasteiger partial charge is 0.161 e. The molecule has 5 nitrogen and oxygen atoms in total. The molecule has 0 spiro atoms. The second-order valence-electron chi connectivity index (χ2n) is 5.93.